The average Bonchev–Trinajstić information content (AvgIpc) is 2.17. The van der Waals surface area contributed by atoms with Crippen LogP contribution in [0.1, 0.15) is 0 Å². The van der Waals surface area contributed by atoms with Gasteiger partial charge in [-0.1, -0.05) is 0 Å². The summed E-state index contributed by atoms with van der Waals surface area (Å²) in [6.07, 6.45) is 0. The first-order valence-electron chi connectivity index (χ1n) is 3.72. The van der Waals surface area contributed by atoms with Crippen LogP contribution in [0.25, 0.3) is 0 Å². The number of halogens is 4. The van der Waals surface area contributed by atoms with Crippen LogP contribution in [-0.2, 0) is 30.6 Å². The first kappa shape index (κ1) is 22.2. The fourth-order valence-corrected chi connectivity index (χ4v) is 1.94. The molecule has 0 spiro atoms. The van der Waals surface area contributed by atoms with Crippen LogP contribution in [0.4, 0.5) is 0 Å². The zero-order valence-corrected chi connectivity index (χ0v) is 12.6. The fraction of sp³-hybridized carbons (Fsp3) is 1.00. The Morgan fingerprint density at radius 3 is 1.20 bits per heavy atom. The van der Waals surface area contributed by atoms with E-state index in [1.807, 2.05) is 0 Å². The molecule has 0 aromatic rings. The molecular weight excluding hydrogens is 356 g/mol. The van der Waals surface area contributed by atoms with Gasteiger partial charge in [0.1, 0.15) is 0 Å². The van der Waals surface area contributed by atoms with E-state index in [-0.39, 0.29) is 29.5 Å². The van der Waals surface area contributed by atoms with Gasteiger partial charge in [0.2, 0.25) is 0 Å². The van der Waals surface area contributed by atoms with Gasteiger partial charge in [0.25, 0.3) is 0 Å². The Morgan fingerprint density at radius 2 is 1.00 bits per heavy atom. The van der Waals surface area contributed by atoms with Crippen molar-refractivity contribution < 1.29 is 43.0 Å². The largest absolute Gasteiger partial charge is 1.00 e. The molecule has 0 aliphatic rings. The zero-order chi connectivity index (χ0) is 9.94. The first-order chi connectivity index (χ1) is 6.35. The summed E-state index contributed by atoms with van der Waals surface area (Å²) in [6, 6.07) is 0. The van der Waals surface area contributed by atoms with Crippen LogP contribution >= 0.6 is 43.4 Å². The Bertz CT molecular complexity index is 97.4. The van der Waals surface area contributed by atoms with Crippen LogP contribution < -0.4 is 12.4 Å². The molecule has 3 nitrogen and oxygen atoms in total. The third-order valence-electron chi connectivity index (χ3n) is 0.822. The van der Waals surface area contributed by atoms with Gasteiger partial charge >= 0.3 is 8.60 Å². The van der Waals surface area contributed by atoms with Gasteiger partial charge in [-0.15, -0.1) is 34.8 Å². The van der Waals surface area contributed by atoms with E-state index in [4.69, 9.17) is 48.4 Å². The van der Waals surface area contributed by atoms with Crippen molar-refractivity contribution in [1.29, 1.82) is 0 Å². The second-order valence-electron chi connectivity index (χ2n) is 1.79. The average molecular weight is 368 g/mol. The molecule has 1 radical (unpaired) electrons. The summed E-state index contributed by atoms with van der Waals surface area (Å²) in [4.78, 5) is 0. The summed E-state index contributed by atoms with van der Waals surface area (Å²) in [6.45, 7) is 1.20. The molecule has 0 atom stereocenters. The molecule has 0 heterocycles. The van der Waals surface area contributed by atoms with Gasteiger partial charge in [-0.05, 0) is 0 Å². The van der Waals surface area contributed by atoms with E-state index in [1.54, 1.807) is 0 Å². The number of alkyl halides is 3. The molecular formula is C6H12Cl4CuO3P-. The number of hydrogen-bond donors (Lipinski definition) is 0. The van der Waals surface area contributed by atoms with E-state index in [0.29, 0.717) is 37.5 Å². The van der Waals surface area contributed by atoms with Crippen molar-refractivity contribution in [3.8, 4) is 0 Å². The molecule has 0 aromatic carbocycles. The first-order valence-corrected chi connectivity index (χ1v) is 6.41. The SMILES string of the molecule is ClCCOP(OCCCl)OCCCl.[Cl-].[Cu]. The van der Waals surface area contributed by atoms with Crippen molar-refractivity contribution >= 4 is 43.4 Å². The Hall–Kier alpha value is 1.99. The van der Waals surface area contributed by atoms with Crippen LogP contribution in [0.15, 0.2) is 0 Å². The van der Waals surface area contributed by atoms with Gasteiger partial charge in [0.15, 0.2) is 0 Å². The Labute approximate surface area is 123 Å². The minimum atomic E-state index is -1.33. The Balaban J connectivity index is -0.000000720. The molecule has 0 fully saturated rings. The molecule has 9 heteroatoms. The zero-order valence-electron chi connectivity index (χ0n) is 7.73. The Morgan fingerprint density at radius 1 is 0.733 bits per heavy atom. The minimum Gasteiger partial charge on any atom is -1.00 e. The van der Waals surface area contributed by atoms with Gasteiger partial charge in [-0.25, -0.2) is 0 Å². The Kier molecular flexibility index (Phi) is 27.2. The maximum Gasteiger partial charge on any atom is 0.332 e. The number of rotatable bonds is 9. The van der Waals surface area contributed by atoms with Crippen molar-refractivity contribution in [3.63, 3.8) is 0 Å². The van der Waals surface area contributed by atoms with Crippen LogP contribution in [0.2, 0.25) is 0 Å². The second-order valence-corrected chi connectivity index (χ2v) is 4.15. The third-order valence-corrected chi connectivity index (χ3v) is 2.46. The van der Waals surface area contributed by atoms with Crippen LogP contribution in [0.3, 0.4) is 0 Å². The normalized spacial score (nSPS) is 9.60. The van der Waals surface area contributed by atoms with E-state index in [2.05, 4.69) is 0 Å². The van der Waals surface area contributed by atoms with Crippen molar-refractivity contribution in [2.45, 2.75) is 0 Å². The molecule has 0 bridgehead atoms. The van der Waals surface area contributed by atoms with Crippen molar-refractivity contribution in [1.82, 2.24) is 0 Å². The fourth-order valence-electron chi connectivity index (χ4n) is 0.439. The van der Waals surface area contributed by atoms with Crippen molar-refractivity contribution in [2.75, 3.05) is 37.5 Å². The molecule has 0 N–H and O–H groups in total. The molecule has 0 aromatic heterocycles. The van der Waals surface area contributed by atoms with Gasteiger partial charge in [0.05, 0.1) is 19.8 Å². The van der Waals surface area contributed by atoms with Crippen LogP contribution in [0, 0.1) is 0 Å². The monoisotopic (exact) mass is 366 g/mol. The van der Waals surface area contributed by atoms with Crippen molar-refractivity contribution in [2.24, 2.45) is 0 Å². The quantitative estimate of drug-likeness (QED) is 0.325. The van der Waals surface area contributed by atoms with E-state index in [1.165, 1.54) is 0 Å². The molecule has 0 unspecified atom stereocenters. The summed E-state index contributed by atoms with van der Waals surface area (Å²) in [5, 5.41) is 0. The summed E-state index contributed by atoms with van der Waals surface area (Å²) in [5.74, 6) is 1.23. The second kappa shape index (κ2) is 18.4. The summed E-state index contributed by atoms with van der Waals surface area (Å²) < 4.78 is 15.5. The van der Waals surface area contributed by atoms with Gasteiger partial charge in [-0.2, -0.15) is 0 Å². The van der Waals surface area contributed by atoms with Crippen LogP contribution in [0.5, 0.6) is 0 Å². The van der Waals surface area contributed by atoms with E-state index in [0.717, 1.165) is 0 Å². The third kappa shape index (κ3) is 16.0. The predicted octanol–water partition coefficient (Wildman–Crippen LogP) is -0.0190. The molecule has 0 aliphatic heterocycles. The molecule has 15 heavy (non-hydrogen) atoms. The molecule has 0 saturated carbocycles. The molecule has 0 amide bonds. The minimum absolute atomic E-state index is 0. The smallest absolute Gasteiger partial charge is 0.332 e. The van der Waals surface area contributed by atoms with E-state index in [9.17, 15) is 0 Å². The van der Waals surface area contributed by atoms with E-state index < -0.39 is 8.60 Å². The van der Waals surface area contributed by atoms with Gasteiger partial charge < -0.3 is 26.0 Å². The molecule has 0 rings (SSSR count). The molecule has 0 saturated heterocycles. The van der Waals surface area contributed by atoms with Crippen LogP contribution in [-0.4, -0.2) is 37.5 Å². The predicted molar refractivity (Wildman–Crippen MR) is 56.9 cm³/mol. The maximum atomic E-state index is 5.44. The van der Waals surface area contributed by atoms with E-state index >= 15 is 0 Å². The standard InChI is InChI=1S/C6H12Cl3O3P.ClH.Cu/c7-1-4-10-13(11-5-2-8)12-6-3-9;;/h1-6H2;1H;/p-1. The summed E-state index contributed by atoms with van der Waals surface area (Å²) in [5.41, 5.74) is 0. The molecule has 0 aliphatic carbocycles. The van der Waals surface area contributed by atoms with Gasteiger partial charge in [-0.3, -0.25) is 0 Å². The maximum absolute atomic E-state index is 5.44. The summed E-state index contributed by atoms with van der Waals surface area (Å²) >= 11 is 16.3. The topological polar surface area (TPSA) is 27.7 Å². The summed E-state index contributed by atoms with van der Waals surface area (Å²) in [7, 11) is -1.33. The van der Waals surface area contributed by atoms with Crippen molar-refractivity contribution in [3.05, 3.63) is 0 Å². The van der Waals surface area contributed by atoms with Gasteiger partial charge in [0, 0.05) is 34.7 Å². The molecule has 99 valence electrons. The number of hydrogen-bond acceptors (Lipinski definition) is 3.